The van der Waals surface area contributed by atoms with Crippen molar-refractivity contribution in [3.8, 4) is 0 Å². The van der Waals surface area contributed by atoms with Crippen molar-refractivity contribution in [2.75, 3.05) is 16.8 Å². The summed E-state index contributed by atoms with van der Waals surface area (Å²) in [5, 5.41) is 3.39. The molecule has 0 amide bonds. The molecule has 6 nitrogen and oxygen atoms in total. The molecule has 0 saturated carbocycles. The van der Waals surface area contributed by atoms with Gasteiger partial charge >= 0.3 is 6.18 Å². The van der Waals surface area contributed by atoms with Gasteiger partial charge in [0, 0.05) is 6.54 Å². The molecule has 1 aromatic carbocycles. The number of halogens is 4. The van der Waals surface area contributed by atoms with Crippen LogP contribution in [0.15, 0.2) is 24.3 Å². The topological polar surface area (TPSA) is 103 Å². The Morgan fingerprint density at radius 3 is 2.46 bits per heavy atom. The maximum Gasteiger partial charge on any atom is 0.416 e. The highest BCUT2D eigenvalue weighted by atomic mass is 19.4. The fourth-order valence-electron chi connectivity index (χ4n) is 2.57. The Morgan fingerprint density at radius 2 is 1.77 bits per heavy atom. The van der Waals surface area contributed by atoms with Crippen molar-refractivity contribution in [3.05, 3.63) is 46.8 Å². The van der Waals surface area contributed by atoms with E-state index in [1.807, 2.05) is 0 Å². The van der Waals surface area contributed by atoms with Crippen LogP contribution >= 0.6 is 0 Å². The monoisotopic (exact) mass is 366 g/mol. The Labute approximate surface area is 145 Å². The second kappa shape index (κ2) is 6.28. The lowest BCUT2D eigenvalue weighted by molar-refractivity contribution is -0.137. The molecule has 3 rings (SSSR count). The zero-order valence-electron chi connectivity index (χ0n) is 13.5. The number of aryl methyl sites for hydroxylation is 1. The van der Waals surface area contributed by atoms with Crippen molar-refractivity contribution < 1.29 is 17.6 Å². The van der Waals surface area contributed by atoms with Gasteiger partial charge in [0.25, 0.3) is 0 Å². The van der Waals surface area contributed by atoms with E-state index in [0.717, 1.165) is 12.1 Å². The zero-order valence-corrected chi connectivity index (χ0v) is 13.5. The van der Waals surface area contributed by atoms with E-state index in [4.69, 9.17) is 11.5 Å². The van der Waals surface area contributed by atoms with Crippen molar-refractivity contribution in [2.45, 2.75) is 19.6 Å². The second-order valence-electron chi connectivity index (χ2n) is 5.69. The smallest absolute Gasteiger partial charge is 0.383 e. The number of benzene rings is 1. The van der Waals surface area contributed by atoms with E-state index in [1.165, 1.54) is 0 Å². The van der Waals surface area contributed by atoms with Gasteiger partial charge in [0.1, 0.15) is 17.5 Å². The standard InChI is InChI=1S/C16H14F4N6/c1-7-2-11(24-14-12(7)13(21)25-15(22)26-14)23-6-8-3-9(16(18,19)20)5-10(17)4-8/h2-5H,6H2,1H3,(H5,21,22,23,24,25,26). The summed E-state index contributed by atoms with van der Waals surface area (Å²) in [6.07, 6.45) is -4.62. The highest BCUT2D eigenvalue weighted by molar-refractivity contribution is 5.90. The molecule has 26 heavy (non-hydrogen) atoms. The van der Waals surface area contributed by atoms with Gasteiger partial charge in [0.2, 0.25) is 5.95 Å². The molecule has 0 unspecified atom stereocenters. The molecule has 5 N–H and O–H groups in total. The number of nitrogens with zero attached hydrogens (tertiary/aromatic N) is 3. The number of pyridine rings is 1. The normalized spacial score (nSPS) is 11.7. The lowest BCUT2D eigenvalue weighted by atomic mass is 10.1. The number of nitrogens with two attached hydrogens (primary N) is 2. The summed E-state index contributed by atoms with van der Waals surface area (Å²) in [7, 11) is 0. The van der Waals surface area contributed by atoms with Crippen LogP contribution in [0.3, 0.4) is 0 Å². The van der Waals surface area contributed by atoms with Crippen LogP contribution in [0, 0.1) is 12.7 Å². The Kier molecular flexibility index (Phi) is 4.26. The van der Waals surface area contributed by atoms with Gasteiger partial charge in [-0.2, -0.15) is 23.1 Å². The first-order chi connectivity index (χ1) is 12.1. The minimum absolute atomic E-state index is 0.0426. The summed E-state index contributed by atoms with van der Waals surface area (Å²) in [5.41, 5.74) is 11.4. The zero-order chi connectivity index (χ0) is 19.1. The van der Waals surface area contributed by atoms with Gasteiger partial charge in [0.15, 0.2) is 5.65 Å². The molecule has 0 fully saturated rings. The number of fused-ring (bicyclic) bond motifs is 1. The second-order valence-corrected chi connectivity index (χ2v) is 5.69. The van der Waals surface area contributed by atoms with Gasteiger partial charge in [-0.25, -0.2) is 9.37 Å². The van der Waals surface area contributed by atoms with Gasteiger partial charge in [-0.1, -0.05) is 0 Å². The Balaban J connectivity index is 1.90. The molecule has 0 radical (unpaired) electrons. The van der Waals surface area contributed by atoms with E-state index < -0.39 is 17.6 Å². The minimum atomic E-state index is -4.62. The van der Waals surface area contributed by atoms with Crippen molar-refractivity contribution in [1.29, 1.82) is 0 Å². The molecule has 0 atom stereocenters. The largest absolute Gasteiger partial charge is 0.416 e. The van der Waals surface area contributed by atoms with E-state index in [9.17, 15) is 17.6 Å². The van der Waals surface area contributed by atoms with E-state index in [-0.39, 0.29) is 29.5 Å². The number of alkyl halides is 3. The molecule has 2 heterocycles. The average molecular weight is 366 g/mol. The van der Waals surface area contributed by atoms with Crippen molar-refractivity contribution in [2.24, 2.45) is 0 Å². The van der Waals surface area contributed by atoms with Gasteiger partial charge in [-0.3, -0.25) is 0 Å². The highest BCUT2D eigenvalue weighted by Crippen LogP contribution is 2.30. The first-order valence-electron chi connectivity index (χ1n) is 7.44. The predicted molar refractivity (Wildman–Crippen MR) is 89.6 cm³/mol. The number of nitrogen functional groups attached to an aromatic ring is 2. The molecule has 3 aromatic rings. The summed E-state index contributed by atoms with van der Waals surface area (Å²) < 4.78 is 51.8. The molecule has 2 aromatic heterocycles. The number of hydrogen-bond acceptors (Lipinski definition) is 6. The number of anilines is 3. The fraction of sp³-hybridized carbons (Fsp3) is 0.188. The summed E-state index contributed by atoms with van der Waals surface area (Å²) in [6.45, 7) is 1.70. The third-order valence-electron chi connectivity index (χ3n) is 3.67. The van der Waals surface area contributed by atoms with Crippen LogP contribution in [0.2, 0.25) is 0 Å². The lowest BCUT2D eigenvalue weighted by Gasteiger charge is -2.12. The number of nitrogens with one attached hydrogen (secondary N) is 1. The van der Waals surface area contributed by atoms with Crippen molar-refractivity contribution in [1.82, 2.24) is 15.0 Å². The number of aromatic nitrogens is 3. The van der Waals surface area contributed by atoms with E-state index in [2.05, 4.69) is 20.3 Å². The third kappa shape index (κ3) is 3.58. The summed E-state index contributed by atoms with van der Waals surface area (Å²) >= 11 is 0. The van der Waals surface area contributed by atoms with Crippen molar-refractivity contribution in [3.63, 3.8) is 0 Å². The van der Waals surface area contributed by atoms with Crippen LogP contribution in [-0.4, -0.2) is 15.0 Å². The SMILES string of the molecule is Cc1cc(NCc2cc(F)cc(C(F)(F)F)c2)nc2nc(N)nc(N)c12. The number of hydrogen-bond donors (Lipinski definition) is 3. The van der Waals surface area contributed by atoms with Gasteiger partial charge in [-0.15, -0.1) is 0 Å². The molecular formula is C16H14F4N6. The molecule has 0 spiro atoms. The van der Waals surface area contributed by atoms with E-state index >= 15 is 0 Å². The van der Waals surface area contributed by atoms with E-state index in [0.29, 0.717) is 22.8 Å². The van der Waals surface area contributed by atoms with E-state index in [1.54, 1.807) is 13.0 Å². The predicted octanol–water partition coefficient (Wildman–Crippen LogP) is 3.27. The van der Waals surface area contributed by atoms with Crippen LogP contribution in [0.5, 0.6) is 0 Å². The summed E-state index contributed by atoms with van der Waals surface area (Å²) in [4.78, 5) is 12.1. The third-order valence-corrected chi connectivity index (χ3v) is 3.67. The summed E-state index contributed by atoms with van der Waals surface area (Å²) in [6, 6.07) is 3.99. The minimum Gasteiger partial charge on any atom is -0.383 e. The quantitative estimate of drug-likeness (QED) is 0.615. The number of rotatable bonds is 3. The average Bonchev–Trinajstić information content (AvgIpc) is 2.50. The lowest BCUT2D eigenvalue weighted by Crippen LogP contribution is -2.09. The van der Waals surface area contributed by atoms with Crippen LogP contribution < -0.4 is 16.8 Å². The van der Waals surface area contributed by atoms with Gasteiger partial charge < -0.3 is 16.8 Å². The molecule has 0 aliphatic rings. The molecular weight excluding hydrogens is 352 g/mol. The van der Waals surface area contributed by atoms with Crippen LogP contribution in [0.1, 0.15) is 16.7 Å². The van der Waals surface area contributed by atoms with Crippen LogP contribution in [0.25, 0.3) is 11.0 Å². The molecule has 0 aliphatic carbocycles. The first kappa shape index (κ1) is 17.6. The first-order valence-corrected chi connectivity index (χ1v) is 7.44. The summed E-state index contributed by atoms with van der Waals surface area (Å²) in [5.74, 6) is -0.485. The van der Waals surface area contributed by atoms with Gasteiger partial charge in [-0.05, 0) is 42.3 Å². The Hall–Kier alpha value is -3.17. The molecule has 10 heteroatoms. The van der Waals surface area contributed by atoms with Gasteiger partial charge in [0.05, 0.1) is 10.9 Å². The molecule has 0 aliphatic heterocycles. The van der Waals surface area contributed by atoms with Crippen LogP contribution in [0.4, 0.5) is 35.1 Å². The highest BCUT2D eigenvalue weighted by Gasteiger charge is 2.31. The molecule has 0 saturated heterocycles. The Bertz CT molecular complexity index is 987. The molecule has 136 valence electrons. The Morgan fingerprint density at radius 1 is 1.04 bits per heavy atom. The maximum atomic E-state index is 13.5. The van der Waals surface area contributed by atoms with Crippen molar-refractivity contribution >= 4 is 28.6 Å². The maximum absolute atomic E-state index is 13.5. The molecule has 0 bridgehead atoms. The fourth-order valence-corrected chi connectivity index (χ4v) is 2.57. The van der Waals surface area contributed by atoms with Crippen LogP contribution in [-0.2, 0) is 12.7 Å².